The fraction of sp³-hybridized carbons (Fsp3) is 0.406. The van der Waals surface area contributed by atoms with Crippen molar-refractivity contribution in [1.29, 1.82) is 0 Å². The normalized spacial score (nSPS) is 27.0. The predicted molar refractivity (Wildman–Crippen MR) is 147 cm³/mol. The number of fused-ring (bicyclic) bond motifs is 3. The van der Waals surface area contributed by atoms with E-state index in [-0.39, 0.29) is 15.9 Å². The van der Waals surface area contributed by atoms with Gasteiger partial charge < -0.3 is 9.47 Å². The van der Waals surface area contributed by atoms with Crippen LogP contribution in [-0.2, 0) is 4.74 Å². The van der Waals surface area contributed by atoms with Crippen LogP contribution in [0, 0.1) is 23.2 Å². The molecule has 4 saturated carbocycles. The smallest absolute Gasteiger partial charge is 0.427 e. The molecule has 4 aliphatic rings. The molecular weight excluding hydrogens is 464 g/mol. The first kappa shape index (κ1) is 22.4. The Hall–Kier alpha value is -2.85. The predicted octanol–water partition coefficient (Wildman–Crippen LogP) is 9.24. The molecule has 4 bridgehead atoms. The van der Waals surface area contributed by atoms with Gasteiger partial charge in [-0.3, -0.25) is 0 Å². The van der Waals surface area contributed by atoms with Gasteiger partial charge >= 0.3 is 6.16 Å². The van der Waals surface area contributed by atoms with Crippen LogP contribution < -0.4 is 4.74 Å². The Morgan fingerprint density at radius 3 is 1.81 bits per heavy atom. The SMILES string of the molecule is CC(C)(OC(=O)Oc1ccc(-[s+]2c3ccccc3c3ccccc32)cc1)C12CC3CC(CC(C3)C1)C2. The van der Waals surface area contributed by atoms with Gasteiger partial charge in [0.05, 0.1) is 0 Å². The summed E-state index contributed by atoms with van der Waals surface area (Å²) in [5.74, 6) is 2.98. The zero-order valence-electron chi connectivity index (χ0n) is 21.0. The topological polar surface area (TPSA) is 35.5 Å². The van der Waals surface area contributed by atoms with Gasteiger partial charge in [0.2, 0.25) is 0 Å². The minimum absolute atomic E-state index is 0.106. The van der Waals surface area contributed by atoms with Crippen LogP contribution in [0.3, 0.4) is 0 Å². The number of rotatable bonds is 4. The average Bonchev–Trinajstić information content (AvgIpc) is 3.18. The molecule has 0 radical (unpaired) electrons. The molecule has 0 atom stereocenters. The van der Waals surface area contributed by atoms with Crippen molar-refractivity contribution < 1.29 is 14.3 Å². The number of hydrogen-bond acceptors (Lipinski definition) is 3. The summed E-state index contributed by atoms with van der Waals surface area (Å²) in [4.78, 5) is 14.2. The molecule has 4 heteroatoms. The van der Waals surface area contributed by atoms with Crippen LogP contribution in [0.25, 0.3) is 25.1 Å². The average molecular weight is 498 g/mol. The van der Waals surface area contributed by atoms with Crippen molar-refractivity contribution >= 4 is 36.8 Å². The van der Waals surface area contributed by atoms with Crippen LogP contribution in [0.5, 0.6) is 5.75 Å². The summed E-state index contributed by atoms with van der Waals surface area (Å²) < 4.78 is 14.5. The fourth-order valence-electron chi connectivity index (χ4n) is 8.03. The first-order valence-corrected chi connectivity index (χ1v) is 14.6. The van der Waals surface area contributed by atoms with Gasteiger partial charge in [0, 0.05) is 38.8 Å². The van der Waals surface area contributed by atoms with Gasteiger partial charge in [0.1, 0.15) is 11.4 Å². The van der Waals surface area contributed by atoms with Gasteiger partial charge in [-0.15, -0.1) is 0 Å². The van der Waals surface area contributed by atoms with Crippen molar-refractivity contribution in [2.75, 3.05) is 0 Å². The van der Waals surface area contributed by atoms with E-state index in [1.807, 2.05) is 12.1 Å². The molecule has 0 amide bonds. The highest BCUT2D eigenvalue weighted by molar-refractivity contribution is 7.50. The van der Waals surface area contributed by atoms with E-state index in [1.165, 1.54) is 63.6 Å². The molecule has 8 rings (SSSR count). The third kappa shape index (κ3) is 3.48. The maximum Gasteiger partial charge on any atom is 0.514 e. The van der Waals surface area contributed by atoms with Crippen molar-refractivity contribution in [3.05, 3.63) is 72.8 Å². The summed E-state index contributed by atoms with van der Waals surface area (Å²) in [5.41, 5.74) is -0.409. The minimum atomic E-state index is -0.581. The van der Waals surface area contributed by atoms with E-state index >= 15 is 0 Å². The highest BCUT2D eigenvalue weighted by atomic mass is 32.2. The Morgan fingerprint density at radius 1 is 0.778 bits per heavy atom. The number of carbonyl (C=O) groups excluding carboxylic acids is 1. The molecule has 0 unspecified atom stereocenters. The first-order chi connectivity index (χ1) is 17.4. The molecular formula is C32H33O3S+. The summed E-state index contributed by atoms with van der Waals surface area (Å²) in [6.45, 7) is 4.22. The number of ether oxygens (including phenoxy) is 2. The molecule has 1 heterocycles. The number of benzene rings is 3. The standard InChI is InChI=1S/C32H33O3S/c1-31(2,32-18-21-15-22(19-32)17-23(16-21)20-32)35-30(33)34-24-11-13-25(14-12-24)36-28-9-5-3-7-26(28)27-8-4-6-10-29(27)36/h3-14,21-23H,15-20H2,1-2H3/q+1. The summed E-state index contributed by atoms with van der Waals surface area (Å²) in [6.07, 6.45) is 7.13. The molecule has 0 saturated heterocycles. The molecule has 3 aromatic carbocycles. The van der Waals surface area contributed by atoms with Gasteiger partial charge in [-0.25, -0.2) is 4.79 Å². The number of hydrogen-bond donors (Lipinski definition) is 0. The maximum atomic E-state index is 12.9. The second kappa shape index (κ2) is 8.08. The van der Waals surface area contributed by atoms with Crippen molar-refractivity contribution in [1.82, 2.24) is 0 Å². The van der Waals surface area contributed by atoms with Crippen molar-refractivity contribution in [3.63, 3.8) is 0 Å². The molecule has 0 aliphatic heterocycles. The summed E-state index contributed by atoms with van der Waals surface area (Å²) in [7, 11) is -0.156. The van der Waals surface area contributed by atoms with Crippen LogP contribution in [0.15, 0.2) is 72.8 Å². The Kier molecular flexibility index (Phi) is 5.02. The van der Waals surface area contributed by atoms with Gasteiger partial charge in [0.25, 0.3) is 0 Å². The minimum Gasteiger partial charge on any atom is -0.427 e. The maximum absolute atomic E-state index is 12.9. The van der Waals surface area contributed by atoms with Crippen LogP contribution in [0.2, 0.25) is 0 Å². The Morgan fingerprint density at radius 2 is 1.28 bits per heavy atom. The van der Waals surface area contributed by atoms with E-state index in [4.69, 9.17) is 9.47 Å². The van der Waals surface area contributed by atoms with Gasteiger partial charge in [0.15, 0.2) is 14.3 Å². The lowest BCUT2D eigenvalue weighted by Crippen LogP contribution is -2.57. The summed E-state index contributed by atoms with van der Waals surface area (Å²) in [5, 5.41) is 2.62. The zero-order chi connectivity index (χ0) is 24.5. The third-order valence-corrected chi connectivity index (χ3v) is 11.8. The van der Waals surface area contributed by atoms with E-state index in [1.54, 1.807) is 0 Å². The lowest BCUT2D eigenvalue weighted by Gasteiger charge is -2.61. The van der Waals surface area contributed by atoms with Crippen molar-refractivity contribution in [3.8, 4) is 10.6 Å². The zero-order valence-corrected chi connectivity index (χ0v) is 21.9. The van der Waals surface area contributed by atoms with Crippen molar-refractivity contribution in [2.24, 2.45) is 23.2 Å². The summed E-state index contributed by atoms with van der Waals surface area (Å²) >= 11 is 0. The Balaban J connectivity index is 1.11. The van der Waals surface area contributed by atoms with Crippen LogP contribution in [0.1, 0.15) is 52.4 Å². The highest BCUT2D eigenvalue weighted by Crippen LogP contribution is 2.64. The van der Waals surface area contributed by atoms with Crippen molar-refractivity contribution in [2.45, 2.75) is 58.0 Å². The van der Waals surface area contributed by atoms with Crippen LogP contribution in [0.4, 0.5) is 4.79 Å². The molecule has 1 aromatic heterocycles. The molecule has 0 spiro atoms. The Labute approximate surface area is 215 Å². The molecule has 36 heavy (non-hydrogen) atoms. The van der Waals surface area contributed by atoms with Gasteiger partial charge in [-0.1, -0.05) is 24.3 Å². The van der Waals surface area contributed by atoms with E-state index < -0.39 is 11.8 Å². The second-order valence-corrected chi connectivity index (χ2v) is 13.9. The van der Waals surface area contributed by atoms with Gasteiger partial charge in [-0.2, -0.15) is 0 Å². The number of thiophene rings is 1. The van der Waals surface area contributed by atoms with E-state index in [9.17, 15) is 4.79 Å². The molecule has 4 fully saturated rings. The monoisotopic (exact) mass is 497 g/mol. The molecule has 4 aliphatic carbocycles. The lowest BCUT2D eigenvalue weighted by atomic mass is 9.46. The second-order valence-electron chi connectivity index (χ2n) is 11.9. The number of carbonyl (C=O) groups is 1. The van der Waals surface area contributed by atoms with E-state index in [2.05, 4.69) is 74.5 Å². The quantitative estimate of drug-likeness (QED) is 0.160. The molecule has 0 N–H and O–H groups in total. The van der Waals surface area contributed by atoms with Crippen LogP contribution >= 0.6 is 10.5 Å². The molecule has 3 nitrogen and oxygen atoms in total. The molecule has 4 aromatic rings. The largest absolute Gasteiger partial charge is 0.514 e. The van der Waals surface area contributed by atoms with Crippen LogP contribution in [-0.4, -0.2) is 11.8 Å². The third-order valence-electron chi connectivity index (χ3n) is 9.42. The van der Waals surface area contributed by atoms with E-state index in [0.29, 0.717) is 5.75 Å². The lowest BCUT2D eigenvalue weighted by molar-refractivity contribution is -0.168. The van der Waals surface area contributed by atoms with E-state index in [0.717, 1.165) is 17.8 Å². The first-order valence-electron chi connectivity index (χ1n) is 13.3. The van der Waals surface area contributed by atoms with Gasteiger partial charge in [-0.05, 0) is 107 Å². The Bertz CT molecular complexity index is 1370. The summed E-state index contributed by atoms with van der Waals surface area (Å²) in [6, 6.07) is 25.3. The highest BCUT2D eigenvalue weighted by Gasteiger charge is 2.59. The fourth-order valence-corrected chi connectivity index (χ4v) is 10.4. The molecule has 184 valence electrons.